The summed E-state index contributed by atoms with van der Waals surface area (Å²) in [7, 11) is 0. The Labute approximate surface area is 105 Å². The molecule has 0 aliphatic heterocycles. The summed E-state index contributed by atoms with van der Waals surface area (Å²) in [5.41, 5.74) is 7.94. The Hall–Kier alpha value is -2.30. The van der Waals surface area contributed by atoms with Crippen LogP contribution in [0.2, 0.25) is 0 Å². The molecule has 0 atom stereocenters. The molecule has 0 bridgehead atoms. The SMILES string of the molecule is Cc1cc(CNC(=O)Cc2ccccc2N)no1. The van der Waals surface area contributed by atoms with E-state index in [9.17, 15) is 4.79 Å². The Morgan fingerprint density at radius 2 is 2.22 bits per heavy atom. The normalized spacial score (nSPS) is 10.3. The number of nitrogen functional groups attached to an aromatic ring is 1. The van der Waals surface area contributed by atoms with Crippen LogP contribution in [-0.4, -0.2) is 11.1 Å². The van der Waals surface area contributed by atoms with Gasteiger partial charge in [-0.25, -0.2) is 0 Å². The molecule has 3 N–H and O–H groups in total. The highest BCUT2D eigenvalue weighted by Crippen LogP contribution is 2.11. The lowest BCUT2D eigenvalue weighted by Gasteiger charge is -2.05. The van der Waals surface area contributed by atoms with Gasteiger partial charge >= 0.3 is 0 Å². The Kier molecular flexibility index (Phi) is 3.62. The number of aromatic nitrogens is 1. The van der Waals surface area contributed by atoms with Gasteiger partial charge in [0, 0.05) is 11.8 Å². The summed E-state index contributed by atoms with van der Waals surface area (Å²) >= 11 is 0. The number of carbonyl (C=O) groups is 1. The fourth-order valence-electron chi connectivity index (χ4n) is 1.62. The first-order chi connectivity index (χ1) is 8.65. The zero-order valence-corrected chi connectivity index (χ0v) is 10.1. The summed E-state index contributed by atoms with van der Waals surface area (Å²) in [5, 5.41) is 6.57. The van der Waals surface area contributed by atoms with Crippen LogP contribution in [0.25, 0.3) is 0 Å². The van der Waals surface area contributed by atoms with Crippen molar-refractivity contribution in [2.75, 3.05) is 5.73 Å². The molecule has 18 heavy (non-hydrogen) atoms. The first-order valence-corrected chi connectivity index (χ1v) is 5.67. The molecular weight excluding hydrogens is 230 g/mol. The maximum absolute atomic E-state index is 11.7. The van der Waals surface area contributed by atoms with E-state index in [1.54, 1.807) is 12.1 Å². The second kappa shape index (κ2) is 5.35. The van der Waals surface area contributed by atoms with Gasteiger partial charge in [-0.15, -0.1) is 0 Å². The molecule has 1 aromatic carbocycles. The monoisotopic (exact) mass is 245 g/mol. The van der Waals surface area contributed by atoms with Crippen molar-refractivity contribution in [1.82, 2.24) is 10.5 Å². The highest BCUT2D eigenvalue weighted by molar-refractivity contribution is 5.80. The lowest BCUT2D eigenvalue weighted by atomic mass is 10.1. The second-order valence-corrected chi connectivity index (χ2v) is 4.08. The fourth-order valence-corrected chi connectivity index (χ4v) is 1.62. The van der Waals surface area contributed by atoms with Crippen molar-refractivity contribution >= 4 is 11.6 Å². The summed E-state index contributed by atoms with van der Waals surface area (Å²) in [6.45, 7) is 2.17. The molecule has 1 aromatic heterocycles. The summed E-state index contributed by atoms with van der Waals surface area (Å²) in [4.78, 5) is 11.7. The number of para-hydroxylation sites is 1. The van der Waals surface area contributed by atoms with Crippen molar-refractivity contribution in [3.05, 3.63) is 47.3 Å². The van der Waals surface area contributed by atoms with E-state index in [1.807, 2.05) is 25.1 Å². The maximum Gasteiger partial charge on any atom is 0.224 e. The van der Waals surface area contributed by atoms with E-state index in [4.69, 9.17) is 10.3 Å². The van der Waals surface area contributed by atoms with E-state index < -0.39 is 0 Å². The first kappa shape index (κ1) is 12.2. The van der Waals surface area contributed by atoms with Gasteiger partial charge < -0.3 is 15.6 Å². The van der Waals surface area contributed by atoms with Crippen LogP contribution >= 0.6 is 0 Å². The number of nitrogens with one attached hydrogen (secondary N) is 1. The number of hydrogen-bond acceptors (Lipinski definition) is 4. The van der Waals surface area contributed by atoms with Gasteiger partial charge in [-0.05, 0) is 18.6 Å². The van der Waals surface area contributed by atoms with Crippen LogP contribution in [0.5, 0.6) is 0 Å². The molecular formula is C13H15N3O2. The van der Waals surface area contributed by atoms with Gasteiger partial charge in [0.15, 0.2) is 0 Å². The van der Waals surface area contributed by atoms with Crippen molar-refractivity contribution in [2.24, 2.45) is 0 Å². The summed E-state index contributed by atoms with van der Waals surface area (Å²) in [6, 6.07) is 9.12. The van der Waals surface area contributed by atoms with E-state index in [0.29, 0.717) is 17.9 Å². The van der Waals surface area contributed by atoms with Gasteiger partial charge in [-0.3, -0.25) is 4.79 Å². The van der Waals surface area contributed by atoms with Gasteiger partial charge in [0.2, 0.25) is 5.91 Å². The van der Waals surface area contributed by atoms with Crippen LogP contribution in [-0.2, 0) is 17.8 Å². The molecule has 0 spiro atoms. The van der Waals surface area contributed by atoms with Crippen LogP contribution in [0.3, 0.4) is 0 Å². The molecule has 0 unspecified atom stereocenters. The zero-order chi connectivity index (χ0) is 13.0. The Bertz CT molecular complexity index is 549. The predicted molar refractivity (Wildman–Crippen MR) is 67.6 cm³/mol. The Balaban J connectivity index is 1.88. The van der Waals surface area contributed by atoms with Crippen molar-refractivity contribution in [3.8, 4) is 0 Å². The van der Waals surface area contributed by atoms with Crippen molar-refractivity contribution in [2.45, 2.75) is 19.9 Å². The van der Waals surface area contributed by atoms with Crippen LogP contribution < -0.4 is 11.1 Å². The molecule has 1 amide bonds. The summed E-state index contributed by atoms with van der Waals surface area (Å²) < 4.78 is 4.91. The molecule has 1 heterocycles. The van der Waals surface area contributed by atoms with Gasteiger partial charge in [-0.2, -0.15) is 0 Å². The fraction of sp³-hybridized carbons (Fsp3) is 0.231. The standard InChI is InChI=1S/C13H15N3O2/c1-9-6-11(16-18-9)8-15-13(17)7-10-4-2-3-5-12(10)14/h2-6H,7-8,14H2,1H3,(H,15,17). The minimum atomic E-state index is -0.0893. The molecule has 94 valence electrons. The highest BCUT2D eigenvalue weighted by atomic mass is 16.5. The van der Waals surface area contributed by atoms with Gasteiger partial charge in [0.25, 0.3) is 0 Å². The highest BCUT2D eigenvalue weighted by Gasteiger charge is 2.07. The molecule has 0 saturated heterocycles. The molecule has 0 radical (unpaired) electrons. The van der Waals surface area contributed by atoms with Crippen LogP contribution in [0.15, 0.2) is 34.9 Å². The summed E-state index contributed by atoms with van der Waals surface area (Å²) in [6.07, 6.45) is 0.267. The van der Waals surface area contributed by atoms with Crippen LogP contribution in [0.4, 0.5) is 5.69 Å². The minimum Gasteiger partial charge on any atom is -0.398 e. The lowest BCUT2D eigenvalue weighted by molar-refractivity contribution is -0.120. The van der Waals surface area contributed by atoms with E-state index >= 15 is 0 Å². The average molecular weight is 245 g/mol. The number of nitrogens with zero attached hydrogens (tertiary/aromatic N) is 1. The quantitative estimate of drug-likeness (QED) is 0.798. The number of nitrogens with two attached hydrogens (primary N) is 1. The van der Waals surface area contributed by atoms with E-state index in [1.165, 1.54) is 0 Å². The first-order valence-electron chi connectivity index (χ1n) is 5.67. The Morgan fingerprint density at radius 3 is 2.89 bits per heavy atom. The number of carbonyl (C=O) groups excluding carboxylic acids is 1. The number of aryl methyl sites for hydroxylation is 1. The van der Waals surface area contributed by atoms with Gasteiger partial charge in [-0.1, -0.05) is 23.4 Å². The predicted octanol–water partition coefficient (Wildman–Crippen LogP) is 1.42. The summed E-state index contributed by atoms with van der Waals surface area (Å²) in [5.74, 6) is 0.639. The third-order valence-corrected chi connectivity index (χ3v) is 2.55. The smallest absolute Gasteiger partial charge is 0.224 e. The van der Waals surface area contributed by atoms with Gasteiger partial charge in [0.05, 0.1) is 13.0 Å². The largest absolute Gasteiger partial charge is 0.398 e. The molecule has 0 aliphatic rings. The number of anilines is 1. The van der Waals surface area contributed by atoms with Crippen molar-refractivity contribution in [3.63, 3.8) is 0 Å². The number of benzene rings is 1. The average Bonchev–Trinajstić information content (AvgIpc) is 2.76. The Morgan fingerprint density at radius 1 is 1.44 bits per heavy atom. The molecule has 5 heteroatoms. The third kappa shape index (κ3) is 3.10. The molecule has 0 fully saturated rings. The van der Waals surface area contributed by atoms with Crippen LogP contribution in [0, 0.1) is 6.92 Å². The van der Waals surface area contributed by atoms with E-state index in [-0.39, 0.29) is 12.3 Å². The molecule has 2 rings (SSSR count). The maximum atomic E-state index is 11.7. The topological polar surface area (TPSA) is 81.2 Å². The van der Waals surface area contributed by atoms with Crippen LogP contribution in [0.1, 0.15) is 17.0 Å². The van der Waals surface area contributed by atoms with E-state index in [0.717, 1.165) is 11.3 Å². The number of amides is 1. The minimum absolute atomic E-state index is 0.0893. The van der Waals surface area contributed by atoms with Gasteiger partial charge in [0.1, 0.15) is 11.5 Å². The molecule has 0 aliphatic carbocycles. The molecule has 5 nitrogen and oxygen atoms in total. The number of rotatable bonds is 4. The number of hydrogen-bond donors (Lipinski definition) is 2. The second-order valence-electron chi connectivity index (χ2n) is 4.08. The molecule has 2 aromatic rings. The van der Waals surface area contributed by atoms with Crippen molar-refractivity contribution < 1.29 is 9.32 Å². The van der Waals surface area contributed by atoms with E-state index in [2.05, 4.69) is 10.5 Å². The van der Waals surface area contributed by atoms with Crippen molar-refractivity contribution in [1.29, 1.82) is 0 Å². The molecule has 0 saturated carbocycles. The lowest BCUT2D eigenvalue weighted by Crippen LogP contribution is -2.25. The zero-order valence-electron chi connectivity index (χ0n) is 10.1. The third-order valence-electron chi connectivity index (χ3n) is 2.55.